The first-order valence-electron chi connectivity index (χ1n) is 6.67. The molecule has 0 spiro atoms. The highest BCUT2D eigenvalue weighted by Crippen LogP contribution is 2.45. The summed E-state index contributed by atoms with van der Waals surface area (Å²) in [4.78, 5) is 10.9. The van der Waals surface area contributed by atoms with Crippen LogP contribution in [0.3, 0.4) is 0 Å². The van der Waals surface area contributed by atoms with Crippen LogP contribution >= 0.6 is 0 Å². The lowest BCUT2D eigenvalue weighted by molar-refractivity contribution is -0.143. The minimum atomic E-state index is -0.613. The van der Waals surface area contributed by atoms with E-state index < -0.39 is 11.4 Å². The zero-order valence-electron chi connectivity index (χ0n) is 10.0. The Morgan fingerprint density at radius 3 is 2.50 bits per heavy atom. The number of hydrogen-bond donors (Lipinski definition) is 2. The largest absolute Gasteiger partial charge is 0.481 e. The molecule has 0 saturated heterocycles. The Bertz CT molecular complexity index is 242. The van der Waals surface area contributed by atoms with E-state index in [2.05, 4.69) is 5.32 Å². The number of hydrogen-bond acceptors (Lipinski definition) is 2. The van der Waals surface area contributed by atoms with Crippen molar-refractivity contribution in [2.45, 2.75) is 51.4 Å². The normalized spacial score (nSPS) is 24.2. The van der Waals surface area contributed by atoms with E-state index in [-0.39, 0.29) is 0 Å². The topological polar surface area (TPSA) is 49.3 Å². The van der Waals surface area contributed by atoms with Crippen LogP contribution in [0.2, 0.25) is 0 Å². The molecule has 2 aliphatic carbocycles. The Hall–Kier alpha value is -0.570. The Morgan fingerprint density at radius 2 is 1.94 bits per heavy atom. The van der Waals surface area contributed by atoms with Crippen molar-refractivity contribution in [2.24, 2.45) is 11.3 Å². The fourth-order valence-corrected chi connectivity index (χ4v) is 2.73. The first-order valence-corrected chi connectivity index (χ1v) is 6.67. The van der Waals surface area contributed by atoms with E-state index in [1.54, 1.807) is 0 Å². The molecule has 2 N–H and O–H groups in total. The SMILES string of the molecule is O=C(O)C1(CNCCC2CCCCC2)CC1. The third-order valence-corrected chi connectivity index (χ3v) is 4.22. The van der Waals surface area contributed by atoms with Gasteiger partial charge in [-0.05, 0) is 31.7 Å². The van der Waals surface area contributed by atoms with Gasteiger partial charge in [0.05, 0.1) is 5.41 Å². The second kappa shape index (κ2) is 5.17. The fourth-order valence-electron chi connectivity index (χ4n) is 2.73. The molecule has 0 aromatic carbocycles. The van der Waals surface area contributed by atoms with Crippen LogP contribution in [0.25, 0.3) is 0 Å². The summed E-state index contributed by atoms with van der Waals surface area (Å²) >= 11 is 0. The lowest BCUT2D eigenvalue weighted by Gasteiger charge is -2.21. The van der Waals surface area contributed by atoms with E-state index in [1.807, 2.05) is 0 Å². The Balaban J connectivity index is 1.56. The number of carbonyl (C=O) groups is 1. The molecule has 16 heavy (non-hydrogen) atoms. The molecular weight excluding hydrogens is 202 g/mol. The molecule has 0 aromatic rings. The molecule has 0 aromatic heterocycles. The highest BCUT2D eigenvalue weighted by Gasteiger charge is 2.49. The van der Waals surface area contributed by atoms with Crippen molar-refractivity contribution in [3.05, 3.63) is 0 Å². The monoisotopic (exact) mass is 225 g/mol. The van der Waals surface area contributed by atoms with E-state index in [4.69, 9.17) is 5.11 Å². The minimum absolute atomic E-state index is 0.396. The Morgan fingerprint density at radius 1 is 1.25 bits per heavy atom. The van der Waals surface area contributed by atoms with E-state index in [0.29, 0.717) is 6.54 Å². The molecule has 92 valence electrons. The van der Waals surface area contributed by atoms with Crippen LogP contribution in [-0.2, 0) is 4.79 Å². The van der Waals surface area contributed by atoms with Gasteiger partial charge in [0.15, 0.2) is 0 Å². The van der Waals surface area contributed by atoms with Crippen LogP contribution in [-0.4, -0.2) is 24.2 Å². The third-order valence-electron chi connectivity index (χ3n) is 4.22. The van der Waals surface area contributed by atoms with Crippen molar-refractivity contribution in [1.29, 1.82) is 0 Å². The van der Waals surface area contributed by atoms with Crippen molar-refractivity contribution in [3.8, 4) is 0 Å². The molecule has 2 aliphatic rings. The molecule has 0 bridgehead atoms. The highest BCUT2D eigenvalue weighted by atomic mass is 16.4. The molecular formula is C13H23NO2. The maximum absolute atomic E-state index is 10.9. The van der Waals surface area contributed by atoms with Crippen molar-refractivity contribution in [1.82, 2.24) is 5.32 Å². The van der Waals surface area contributed by atoms with E-state index >= 15 is 0 Å². The van der Waals surface area contributed by atoms with Gasteiger partial charge in [-0.25, -0.2) is 0 Å². The summed E-state index contributed by atoms with van der Waals surface area (Å²) in [6, 6.07) is 0. The summed E-state index contributed by atoms with van der Waals surface area (Å²) in [6.07, 6.45) is 9.91. The van der Waals surface area contributed by atoms with Crippen LogP contribution < -0.4 is 5.32 Å². The summed E-state index contributed by atoms with van der Waals surface area (Å²) in [7, 11) is 0. The van der Waals surface area contributed by atoms with Gasteiger partial charge in [-0.2, -0.15) is 0 Å². The second-order valence-corrected chi connectivity index (χ2v) is 5.55. The van der Waals surface area contributed by atoms with E-state index in [0.717, 1.165) is 25.3 Å². The van der Waals surface area contributed by atoms with Gasteiger partial charge in [0.2, 0.25) is 0 Å². The first-order chi connectivity index (χ1) is 7.73. The van der Waals surface area contributed by atoms with Crippen LogP contribution in [0.1, 0.15) is 51.4 Å². The molecule has 0 heterocycles. The van der Waals surface area contributed by atoms with Gasteiger partial charge in [-0.1, -0.05) is 32.1 Å². The first kappa shape index (κ1) is 11.9. The minimum Gasteiger partial charge on any atom is -0.481 e. The van der Waals surface area contributed by atoms with Crippen LogP contribution in [0, 0.1) is 11.3 Å². The molecule has 0 amide bonds. The van der Waals surface area contributed by atoms with Gasteiger partial charge in [-0.3, -0.25) is 4.79 Å². The average Bonchev–Trinajstić information content (AvgIpc) is 3.07. The lowest BCUT2D eigenvalue weighted by Crippen LogP contribution is -2.31. The third kappa shape index (κ3) is 2.97. The van der Waals surface area contributed by atoms with Crippen LogP contribution in [0.15, 0.2) is 0 Å². The van der Waals surface area contributed by atoms with Gasteiger partial charge in [-0.15, -0.1) is 0 Å². The quantitative estimate of drug-likeness (QED) is 0.682. The number of nitrogens with one attached hydrogen (secondary N) is 1. The zero-order chi connectivity index (χ0) is 11.4. The number of aliphatic carboxylic acids is 1. The summed E-state index contributed by atoms with van der Waals surface area (Å²) in [5.74, 6) is 0.277. The maximum atomic E-state index is 10.9. The summed E-state index contributed by atoms with van der Waals surface area (Å²) in [5, 5.41) is 12.3. The molecule has 2 rings (SSSR count). The predicted molar refractivity (Wildman–Crippen MR) is 63.4 cm³/mol. The van der Waals surface area contributed by atoms with Gasteiger partial charge in [0.1, 0.15) is 0 Å². The summed E-state index contributed by atoms with van der Waals surface area (Å²) in [6.45, 7) is 1.68. The lowest BCUT2D eigenvalue weighted by atomic mass is 9.87. The van der Waals surface area contributed by atoms with E-state index in [1.165, 1.54) is 38.5 Å². The van der Waals surface area contributed by atoms with Gasteiger partial charge in [0.25, 0.3) is 0 Å². The van der Waals surface area contributed by atoms with Crippen molar-refractivity contribution in [3.63, 3.8) is 0 Å². The molecule has 3 heteroatoms. The van der Waals surface area contributed by atoms with Crippen LogP contribution in [0.5, 0.6) is 0 Å². The summed E-state index contributed by atoms with van der Waals surface area (Å²) < 4.78 is 0. The van der Waals surface area contributed by atoms with Crippen molar-refractivity contribution >= 4 is 5.97 Å². The van der Waals surface area contributed by atoms with Gasteiger partial charge in [0, 0.05) is 6.54 Å². The summed E-state index contributed by atoms with van der Waals surface area (Å²) in [5.41, 5.74) is -0.396. The number of rotatable bonds is 6. The molecule has 3 nitrogen and oxygen atoms in total. The Kier molecular flexibility index (Phi) is 3.85. The molecule has 0 aliphatic heterocycles. The second-order valence-electron chi connectivity index (χ2n) is 5.55. The van der Waals surface area contributed by atoms with Crippen molar-refractivity contribution in [2.75, 3.05) is 13.1 Å². The van der Waals surface area contributed by atoms with Gasteiger partial charge >= 0.3 is 5.97 Å². The molecule has 0 radical (unpaired) electrons. The Labute approximate surface area is 97.6 Å². The maximum Gasteiger partial charge on any atom is 0.310 e. The number of carboxylic acid groups (broad SMARTS) is 1. The van der Waals surface area contributed by atoms with Crippen LogP contribution in [0.4, 0.5) is 0 Å². The molecule has 2 fully saturated rings. The molecule has 0 unspecified atom stereocenters. The molecule has 2 saturated carbocycles. The van der Waals surface area contributed by atoms with Gasteiger partial charge < -0.3 is 10.4 Å². The number of carboxylic acids is 1. The molecule has 0 atom stereocenters. The fraction of sp³-hybridized carbons (Fsp3) is 0.923. The van der Waals surface area contributed by atoms with E-state index in [9.17, 15) is 4.79 Å². The standard InChI is InChI=1S/C13H23NO2/c15-12(16)13(7-8-13)10-14-9-6-11-4-2-1-3-5-11/h11,14H,1-10H2,(H,15,16). The average molecular weight is 225 g/mol. The highest BCUT2D eigenvalue weighted by molar-refractivity contribution is 5.78. The van der Waals surface area contributed by atoms with Crippen molar-refractivity contribution < 1.29 is 9.90 Å². The smallest absolute Gasteiger partial charge is 0.310 e. The zero-order valence-corrected chi connectivity index (χ0v) is 10.0. The predicted octanol–water partition coefficient (Wildman–Crippen LogP) is 2.41.